The molecule has 1 amide bonds. The third-order valence-corrected chi connectivity index (χ3v) is 3.21. The van der Waals surface area contributed by atoms with E-state index in [-0.39, 0.29) is 24.4 Å². The van der Waals surface area contributed by atoms with E-state index < -0.39 is 0 Å². The van der Waals surface area contributed by atoms with Gasteiger partial charge in [-0.2, -0.15) is 0 Å². The molecule has 1 heterocycles. The molecule has 1 aromatic rings. The molecule has 1 fully saturated rings. The van der Waals surface area contributed by atoms with Crippen LogP contribution in [0.4, 0.5) is 4.39 Å². The molecule has 0 bridgehead atoms. The molecule has 0 radical (unpaired) electrons. The fourth-order valence-electron chi connectivity index (χ4n) is 2.24. The van der Waals surface area contributed by atoms with E-state index in [0.717, 1.165) is 5.56 Å². The van der Waals surface area contributed by atoms with E-state index >= 15 is 0 Å². The minimum Gasteiger partial charge on any atom is -0.484 e. The van der Waals surface area contributed by atoms with Crippen LogP contribution in [0.15, 0.2) is 18.2 Å². The molecule has 0 aliphatic carbocycles. The lowest BCUT2D eigenvalue weighted by atomic mass is 10.1. The molecule has 0 saturated carbocycles. The molecule has 1 atom stereocenters. The highest BCUT2D eigenvalue weighted by molar-refractivity contribution is 5.77. The Balaban J connectivity index is 1.92. The quantitative estimate of drug-likeness (QED) is 0.879. The van der Waals surface area contributed by atoms with Crippen LogP contribution in [-0.4, -0.2) is 49.8 Å². The molecule has 1 unspecified atom stereocenters. The van der Waals surface area contributed by atoms with Crippen LogP contribution < -0.4 is 10.5 Å². The van der Waals surface area contributed by atoms with E-state index in [2.05, 4.69) is 0 Å². The van der Waals surface area contributed by atoms with E-state index in [1.165, 1.54) is 12.1 Å². The van der Waals surface area contributed by atoms with Crippen LogP contribution in [0.1, 0.15) is 12.5 Å². The molecule has 0 aromatic heterocycles. The molecule has 0 spiro atoms. The lowest BCUT2D eigenvalue weighted by Gasteiger charge is -2.26. The molecule has 21 heavy (non-hydrogen) atoms. The summed E-state index contributed by atoms with van der Waals surface area (Å²) in [6.45, 7) is 3.99. The number of halogens is 1. The van der Waals surface area contributed by atoms with E-state index in [4.69, 9.17) is 15.2 Å². The highest BCUT2D eigenvalue weighted by Gasteiger charge is 2.17. The highest BCUT2D eigenvalue weighted by Crippen LogP contribution is 2.17. The van der Waals surface area contributed by atoms with Gasteiger partial charge in [0.15, 0.2) is 6.61 Å². The number of nitrogens with zero attached hydrogens (tertiary/aromatic N) is 1. The predicted molar refractivity (Wildman–Crippen MR) is 76.6 cm³/mol. The largest absolute Gasteiger partial charge is 0.484 e. The third kappa shape index (κ3) is 4.99. The van der Waals surface area contributed by atoms with Crippen molar-refractivity contribution in [1.29, 1.82) is 0 Å². The van der Waals surface area contributed by atoms with Gasteiger partial charge in [-0.3, -0.25) is 4.79 Å². The van der Waals surface area contributed by atoms with Gasteiger partial charge in [0, 0.05) is 25.2 Å². The topological polar surface area (TPSA) is 64.8 Å². The van der Waals surface area contributed by atoms with Crippen LogP contribution in [0.2, 0.25) is 0 Å². The van der Waals surface area contributed by atoms with Crippen molar-refractivity contribution in [1.82, 2.24) is 4.90 Å². The van der Waals surface area contributed by atoms with Gasteiger partial charge >= 0.3 is 0 Å². The monoisotopic (exact) mass is 296 g/mol. The molecule has 1 saturated heterocycles. The zero-order chi connectivity index (χ0) is 15.2. The number of carbonyl (C=O) groups excluding carboxylic acids is 1. The SMILES string of the molecule is CC(N)Cc1cc(F)cc(OCC(=O)N2CCOCC2)c1. The Hall–Kier alpha value is -1.66. The first-order chi connectivity index (χ1) is 10.0. The number of carbonyl (C=O) groups is 1. The van der Waals surface area contributed by atoms with Crippen LogP contribution >= 0.6 is 0 Å². The van der Waals surface area contributed by atoms with Crippen LogP contribution in [0.3, 0.4) is 0 Å². The van der Waals surface area contributed by atoms with Crippen molar-refractivity contribution in [2.75, 3.05) is 32.9 Å². The number of morpholine rings is 1. The number of hydrogen-bond acceptors (Lipinski definition) is 4. The Bertz CT molecular complexity index is 488. The van der Waals surface area contributed by atoms with Crippen molar-refractivity contribution in [2.45, 2.75) is 19.4 Å². The zero-order valence-electron chi connectivity index (χ0n) is 12.2. The van der Waals surface area contributed by atoms with Gasteiger partial charge in [0.2, 0.25) is 0 Å². The second-order valence-corrected chi connectivity index (χ2v) is 5.26. The summed E-state index contributed by atoms with van der Waals surface area (Å²) in [7, 11) is 0. The fourth-order valence-corrected chi connectivity index (χ4v) is 2.24. The van der Waals surface area contributed by atoms with E-state index in [1.54, 1.807) is 11.0 Å². The Morgan fingerprint density at radius 3 is 2.81 bits per heavy atom. The molecule has 2 rings (SSSR count). The second-order valence-electron chi connectivity index (χ2n) is 5.26. The van der Waals surface area contributed by atoms with E-state index in [0.29, 0.717) is 38.5 Å². The zero-order valence-corrected chi connectivity index (χ0v) is 12.2. The summed E-state index contributed by atoms with van der Waals surface area (Å²) in [6.07, 6.45) is 0.561. The van der Waals surface area contributed by atoms with Crippen LogP contribution in [0.25, 0.3) is 0 Å². The highest BCUT2D eigenvalue weighted by atomic mass is 19.1. The van der Waals surface area contributed by atoms with Crippen LogP contribution in [-0.2, 0) is 16.0 Å². The van der Waals surface area contributed by atoms with Crippen LogP contribution in [0.5, 0.6) is 5.75 Å². The smallest absolute Gasteiger partial charge is 0.260 e. The summed E-state index contributed by atoms with van der Waals surface area (Å²) >= 11 is 0. The van der Waals surface area contributed by atoms with Gasteiger partial charge in [-0.15, -0.1) is 0 Å². The third-order valence-electron chi connectivity index (χ3n) is 3.21. The van der Waals surface area contributed by atoms with Crippen LogP contribution in [0, 0.1) is 5.82 Å². The maximum Gasteiger partial charge on any atom is 0.260 e. The van der Waals surface area contributed by atoms with Gasteiger partial charge in [0.1, 0.15) is 11.6 Å². The fraction of sp³-hybridized carbons (Fsp3) is 0.533. The maximum absolute atomic E-state index is 13.5. The Labute approximate surface area is 123 Å². The minimum absolute atomic E-state index is 0.0605. The second kappa shape index (κ2) is 7.38. The average molecular weight is 296 g/mol. The molecular weight excluding hydrogens is 275 g/mol. The van der Waals surface area contributed by atoms with Gasteiger partial charge in [0.05, 0.1) is 13.2 Å². The summed E-state index contributed by atoms with van der Waals surface area (Å²) in [4.78, 5) is 13.6. The first-order valence-electron chi connectivity index (χ1n) is 7.08. The first kappa shape index (κ1) is 15.7. The summed E-state index contributed by atoms with van der Waals surface area (Å²) in [5.41, 5.74) is 6.47. The molecule has 1 aliphatic rings. The van der Waals surface area contributed by atoms with Crippen molar-refractivity contribution < 1.29 is 18.7 Å². The lowest BCUT2D eigenvalue weighted by Crippen LogP contribution is -2.42. The van der Waals surface area contributed by atoms with E-state index in [9.17, 15) is 9.18 Å². The van der Waals surface area contributed by atoms with Gasteiger partial charge < -0.3 is 20.1 Å². The van der Waals surface area contributed by atoms with Crippen molar-refractivity contribution in [3.05, 3.63) is 29.6 Å². The lowest BCUT2D eigenvalue weighted by molar-refractivity contribution is -0.137. The van der Waals surface area contributed by atoms with Gasteiger partial charge in [-0.05, 0) is 31.0 Å². The maximum atomic E-state index is 13.5. The average Bonchev–Trinajstić information content (AvgIpc) is 2.44. The molecular formula is C15H21FN2O3. The molecule has 2 N–H and O–H groups in total. The first-order valence-corrected chi connectivity index (χ1v) is 7.08. The predicted octanol–water partition coefficient (Wildman–Crippen LogP) is 0.953. The Morgan fingerprint density at radius 2 is 2.14 bits per heavy atom. The number of nitrogens with two attached hydrogens (primary N) is 1. The number of ether oxygens (including phenoxy) is 2. The molecule has 1 aliphatic heterocycles. The summed E-state index contributed by atoms with van der Waals surface area (Å²) in [5.74, 6) is -0.148. The number of amides is 1. The van der Waals surface area contributed by atoms with Crippen molar-refractivity contribution >= 4 is 5.91 Å². The number of benzene rings is 1. The molecule has 5 nitrogen and oxygen atoms in total. The summed E-state index contributed by atoms with van der Waals surface area (Å²) < 4.78 is 24.1. The number of rotatable bonds is 5. The normalized spacial score (nSPS) is 16.6. The van der Waals surface area contributed by atoms with Crippen molar-refractivity contribution in [2.24, 2.45) is 5.73 Å². The molecule has 116 valence electrons. The van der Waals surface area contributed by atoms with Crippen molar-refractivity contribution in [3.63, 3.8) is 0 Å². The molecule has 6 heteroatoms. The Kier molecular flexibility index (Phi) is 5.52. The minimum atomic E-state index is -0.387. The Morgan fingerprint density at radius 1 is 1.43 bits per heavy atom. The summed E-state index contributed by atoms with van der Waals surface area (Å²) in [6, 6.07) is 4.37. The number of hydrogen-bond donors (Lipinski definition) is 1. The van der Waals surface area contributed by atoms with E-state index in [1.807, 2.05) is 6.92 Å². The van der Waals surface area contributed by atoms with Gasteiger partial charge in [-0.25, -0.2) is 4.39 Å². The molecule has 1 aromatic carbocycles. The van der Waals surface area contributed by atoms with Crippen molar-refractivity contribution in [3.8, 4) is 5.75 Å². The summed E-state index contributed by atoms with van der Waals surface area (Å²) in [5, 5.41) is 0. The standard InChI is InChI=1S/C15H21FN2O3/c1-11(17)6-12-7-13(16)9-14(8-12)21-10-15(19)18-2-4-20-5-3-18/h7-9,11H,2-6,10,17H2,1H3. The van der Waals surface area contributed by atoms with Gasteiger partial charge in [-0.1, -0.05) is 0 Å². The van der Waals surface area contributed by atoms with Gasteiger partial charge in [0.25, 0.3) is 5.91 Å².